The van der Waals surface area contributed by atoms with Gasteiger partial charge in [0.2, 0.25) is 11.8 Å². The fourth-order valence-electron chi connectivity index (χ4n) is 5.97. The van der Waals surface area contributed by atoms with E-state index in [2.05, 4.69) is 10.3 Å². The summed E-state index contributed by atoms with van der Waals surface area (Å²) in [5, 5.41) is 13.5. The number of nitrogens with one attached hydrogen (secondary N) is 1. The second-order valence-corrected chi connectivity index (χ2v) is 14.3. The molecular formula is C35H42N4O6S. The zero-order valence-corrected chi connectivity index (χ0v) is 28.0. The van der Waals surface area contributed by atoms with E-state index in [0.29, 0.717) is 23.4 Å². The molecule has 3 aromatic rings. The van der Waals surface area contributed by atoms with Crippen molar-refractivity contribution >= 4 is 34.8 Å². The number of β-amino-alcohol motifs (C(OH)–C–C–N with tert-alkyl or cyclic N) is 1. The van der Waals surface area contributed by atoms with Gasteiger partial charge in [0.15, 0.2) is 5.78 Å². The van der Waals surface area contributed by atoms with Crippen LogP contribution < -0.4 is 10.1 Å². The number of carbonyl (C=O) groups is 4. The van der Waals surface area contributed by atoms with Gasteiger partial charge in [0.1, 0.15) is 24.4 Å². The van der Waals surface area contributed by atoms with Crippen LogP contribution in [0.4, 0.5) is 0 Å². The van der Waals surface area contributed by atoms with Gasteiger partial charge in [-0.05, 0) is 36.1 Å². The number of aromatic nitrogens is 1. The predicted molar refractivity (Wildman–Crippen MR) is 175 cm³/mol. The maximum Gasteiger partial charge on any atom is 0.255 e. The monoisotopic (exact) mass is 646 g/mol. The Morgan fingerprint density at radius 3 is 2.54 bits per heavy atom. The first-order chi connectivity index (χ1) is 21.8. The van der Waals surface area contributed by atoms with Gasteiger partial charge in [0.05, 0.1) is 22.2 Å². The lowest BCUT2D eigenvalue weighted by atomic mass is 9.91. The summed E-state index contributed by atoms with van der Waals surface area (Å²) in [6.07, 6.45) is -0.785. The van der Waals surface area contributed by atoms with E-state index < -0.39 is 29.5 Å². The van der Waals surface area contributed by atoms with Gasteiger partial charge in [-0.15, -0.1) is 11.3 Å². The third kappa shape index (κ3) is 6.85. The number of thiazole rings is 1. The first-order valence-corrected chi connectivity index (χ1v) is 16.5. The maximum atomic E-state index is 14.1. The maximum absolute atomic E-state index is 14.1. The van der Waals surface area contributed by atoms with E-state index >= 15 is 0 Å². The van der Waals surface area contributed by atoms with E-state index in [1.54, 1.807) is 22.5 Å². The molecule has 0 spiro atoms. The van der Waals surface area contributed by atoms with Crippen LogP contribution in [0.1, 0.15) is 68.2 Å². The number of ketones is 1. The molecule has 0 unspecified atom stereocenters. The van der Waals surface area contributed by atoms with E-state index in [0.717, 1.165) is 21.7 Å². The zero-order valence-electron chi connectivity index (χ0n) is 27.2. The molecule has 2 aromatic carbocycles. The van der Waals surface area contributed by atoms with Crippen molar-refractivity contribution in [2.45, 2.75) is 79.2 Å². The van der Waals surface area contributed by atoms with E-state index in [1.165, 1.54) is 16.2 Å². The van der Waals surface area contributed by atoms with Crippen LogP contribution in [0.25, 0.3) is 10.4 Å². The van der Waals surface area contributed by atoms with Gasteiger partial charge in [-0.3, -0.25) is 19.2 Å². The number of amides is 3. The van der Waals surface area contributed by atoms with Crippen molar-refractivity contribution in [3.8, 4) is 16.2 Å². The SMILES string of the molecule is Cc1ncsc1-c1ccc(CNC(=O)[C@@H]2C[C@@H](O)CN2C(=O)[C@H](C(C)C)N2Cc3ccccc3C2=O)c(OCC(=O)C(C)(C)C)c1. The number of hydrogen-bond acceptors (Lipinski definition) is 8. The molecule has 11 heteroatoms. The largest absolute Gasteiger partial charge is 0.485 e. The Morgan fingerprint density at radius 1 is 1.15 bits per heavy atom. The first-order valence-electron chi connectivity index (χ1n) is 15.6. The van der Waals surface area contributed by atoms with Crippen LogP contribution >= 0.6 is 11.3 Å². The van der Waals surface area contributed by atoms with Crippen LogP contribution in [0.5, 0.6) is 5.75 Å². The average Bonchev–Trinajstić information content (AvgIpc) is 3.71. The molecule has 1 aromatic heterocycles. The summed E-state index contributed by atoms with van der Waals surface area (Å²) < 4.78 is 6.03. The first kappa shape index (κ1) is 33.3. The van der Waals surface area contributed by atoms with Crippen LogP contribution in [0.3, 0.4) is 0 Å². The minimum Gasteiger partial charge on any atom is -0.485 e. The van der Waals surface area contributed by atoms with Crippen molar-refractivity contribution in [2.24, 2.45) is 11.3 Å². The third-order valence-electron chi connectivity index (χ3n) is 8.66. The van der Waals surface area contributed by atoms with Crippen molar-refractivity contribution < 1.29 is 29.0 Å². The summed E-state index contributed by atoms with van der Waals surface area (Å²) in [5.41, 5.74) is 5.08. The van der Waals surface area contributed by atoms with Crippen LogP contribution in [0.2, 0.25) is 0 Å². The second-order valence-electron chi connectivity index (χ2n) is 13.4. The molecule has 46 heavy (non-hydrogen) atoms. The Morgan fingerprint density at radius 2 is 1.89 bits per heavy atom. The van der Waals surface area contributed by atoms with E-state index in [1.807, 2.05) is 71.9 Å². The molecule has 0 saturated carbocycles. The molecule has 0 radical (unpaired) electrons. The summed E-state index contributed by atoms with van der Waals surface area (Å²) in [4.78, 5) is 62.0. The highest BCUT2D eigenvalue weighted by molar-refractivity contribution is 7.13. The number of fused-ring (bicyclic) bond motifs is 1. The Kier molecular flexibility index (Phi) is 9.65. The van der Waals surface area contributed by atoms with Gasteiger partial charge in [0.25, 0.3) is 5.91 Å². The molecule has 2 N–H and O–H groups in total. The Labute approximate surface area is 273 Å². The Bertz CT molecular complexity index is 1640. The lowest BCUT2D eigenvalue weighted by Gasteiger charge is -2.35. The van der Waals surface area contributed by atoms with Crippen molar-refractivity contribution in [2.75, 3.05) is 13.2 Å². The summed E-state index contributed by atoms with van der Waals surface area (Å²) in [6.45, 7) is 11.5. The highest BCUT2D eigenvalue weighted by Crippen LogP contribution is 2.33. The summed E-state index contributed by atoms with van der Waals surface area (Å²) in [6, 6.07) is 11.2. The van der Waals surface area contributed by atoms with Crippen LogP contribution in [-0.4, -0.2) is 74.7 Å². The highest BCUT2D eigenvalue weighted by Gasteiger charge is 2.45. The van der Waals surface area contributed by atoms with Gasteiger partial charge in [-0.25, -0.2) is 4.98 Å². The van der Waals surface area contributed by atoms with E-state index in [-0.39, 0.29) is 49.6 Å². The number of benzene rings is 2. The number of carbonyl (C=O) groups excluding carboxylic acids is 4. The number of aliphatic hydroxyl groups excluding tert-OH is 1. The summed E-state index contributed by atoms with van der Waals surface area (Å²) in [5.74, 6) is -0.796. The smallest absolute Gasteiger partial charge is 0.255 e. The molecule has 0 aliphatic carbocycles. The topological polar surface area (TPSA) is 129 Å². The van der Waals surface area contributed by atoms with Crippen LogP contribution in [0, 0.1) is 18.3 Å². The second kappa shape index (κ2) is 13.3. The van der Waals surface area contributed by atoms with Crippen molar-refractivity contribution in [3.63, 3.8) is 0 Å². The van der Waals surface area contributed by atoms with Crippen LogP contribution in [-0.2, 0) is 27.5 Å². The highest BCUT2D eigenvalue weighted by atomic mass is 32.1. The lowest BCUT2D eigenvalue weighted by molar-refractivity contribution is -0.143. The predicted octanol–water partition coefficient (Wildman–Crippen LogP) is 4.37. The summed E-state index contributed by atoms with van der Waals surface area (Å²) in [7, 11) is 0. The quantitative estimate of drug-likeness (QED) is 0.335. The molecule has 0 bridgehead atoms. The molecule has 3 amide bonds. The molecular weight excluding hydrogens is 604 g/mol. The van der Waals surface area contributed by atoms with Crippen molar-refractivity contribution in [3.05, 3.63) is 70.4 Å². The van der Waals surface area contributed by atoms with Gasteiger partial charge in [-0.2, -0.15) is 0 Å². The minimum absolute atomic E-state index is 0.00128. The van der Waals surface area contributed by atoms with Crippen molar-refractivity contribution in [1.82, 2.24) is 20.1 Å². The molecule has 244 valence electrons. The van der Waals surface area contributed by atoms with Crippen LogP contribution in [0.15, 0.2) is 48.0 Å². The molecule has 10 nitrogen and oxygen atoms in total. The molecule has 2 aliphatic rings. The Balaban J connectivity index is 1.33. The number of aryl methyl sites for hydroxylation is 1. The molecule has 3 heterocycles. The Hall–Kier alpha value is -4.09. The third-order valence-corrected chi connectivity index (χ3v) is 9.64. The van der Waals surface area contributed by atoms with Gasteiger partial charge in [0, 0.05) is 42.6 Å². The lowest BCUT2D eigenvalue weighted by Crippen LogP contribution is -2.55. The van der Waals surface area contributed by atoms with E-state index in [9.17, 15) is 24.3 Å². The standard InChI is InChI=1S/C35H42N4O6S/c1-20(2)30(39-16-24-9-7-8-10-26(24)33(39)43)34(44)38-17-25(40)14-27(38)32(42)36-15-23-12-11-22(31-21(3)37-19-46-31)13-28(23)45-18-29(41)35(4,5)6/h7-13,19-20,25,27,30,40H,14-18H2,1-6H3,(H,36,42)/t25-,27+,30+/m1/s1. The fourth-order valence-corrected chi connectivity index (χ4v) is 6.77. The number of rotatable bonds is 10. The summed E-state index contributed by atoms with van der Waals surface area (Å²) >= 11 is 1.50. The van der Waals surface area contributed by atoms with Crippen molar-refractivity contribution in [1.29, 1.82) is 0 Å². The zero-order chi connectivity index (χ0) is 33.3. The van der Waals surface area contributed by atoms with Gasteiger partial charge >= 0.3 is 0 Å². The molecule has 1 saturated heterocycles. The minimum atomic E-state index is -0.908. The number of nitrogens with zero attached hydrogens (tertiary/aromatic N) is 3. The molecule has 2 aliphatic heterocycles. The normalized spacial score (nSPS) is 18.6. The number of likely N-dealkylation sites (tertiary alicyclic amines) is 1. The fraction of sp³-hybridized carbons (Fsp3) is 0.457. The average molecular weight is 647 g/mol. The number of hydrogen-bond donors (Lipinski definition) is 2. The van der Waals surface area contributed by atoms with Gasteiger partial charge < -0.3 is 25.0 Å². The molecule has 5 rings (SSSR count). The molecule has 1 fully saturated rings. The number of ether oxygens (including phenoxy) is 1. The van der Waals surface area contributed by atoms with Gasteiger partial charge in [-0.1, -0.05) is 65.0 Å². The number of Topliss-reactive ketones (excluding diaryl/α,β-unsaturated/α-hetero) is 1. The number of aliphatic hydroxyl groups is 1. The molecule has 3 atom stereocenters. The van der Waals surface area contributed by atoms with E-state index in [4.69, 9.17) is 4.74 Å².